The van der Waals surface area contributed by atoms with Gasteiger partial charge in [-0.25, -0.2) is 4.79 Å². The molecule has 7 nitrogen and oxygen atoms in total. The van der Waals surface area contributed by atoms with Gasteiger partial charge in [-0.3, -0.25) is 4.99 Å². The molecule has 0 spiro atoms. The minimum Gasteiger partial charge on any atom is -0.444 e. The molecule has 1 aliphatic rings. The molecule has 0 aliphatic carbocycles. The Morgan fingerprint density at radius 2 is 2.04 bits per heavy atom. The van der Waals surface area contributed by atoms with Gasteiger partial charge in [0.1, 0.15) is 5.60 Å². The van der Waals surface area contributed by atoms with Crippen molar-refractivity contribution < 1.29 is 9.53 Å². The number of para-hydroxylation sites is 1. The SMILES string of the molecule is CCNC(=NCCCNc1ccccc1)N1CCC(NC(=O)OC(C)(C)C)C1. The number of anilines is 1. The highest BCUT2D eigenvalue weighted by molar-refractivity contribution is 5.80. The number of benzene rings is 1. The van der Waals surface area contributed by atoms with Crippen LogP contribution in [0.15, 0.2) is 35.3 Å². The summed E-state index contributed by atoms with van der Waals surface area (Å²) >= 11 is 0. The van der Waals surface area contributed by atoms with E-state index in [1.54, 1.807) is 0 Å². The van der Waals surface area contributed by atoms with Crippen LogP contribution in [-0.2, 0) is 4.74 Å². The molecular weight excluding hydrogens is 354 g/mol. The minimum atomic E-state index is -0.480. The molecule has 1 saturated heterocycles. The highest BCUT2D eigenvalue weighted by Gasteiger charge is 2.27. The third-order valence-electron chi connectivity index (χ3n) is 4.24. The zero-order valence-corrected chi connectivity index (χ0v) is 17.6. The maximum absolute atomic E-state index is 12.0. The maximum atomic E-state index is 12.0. The number of likely N-dealkylation sites (tertiary alicyclic amines) is 1. The molecule has 1 amide bonds. The second kappa shape index (κ2) is 10.8. The van der Waals surface area contributed by atoms with Crippen LogP contribution in [0, 0.1) is 0 Å². The Bertz CT molecular complexity index is 627. The van der Waals surface area contributed by atoms with E-state index in [9.17, 15) is 4.79 Å². The Morgan fingerprint density at radius 3 is 2.71 bits per heavy atom. The first-order chi connectivity index (χ1) is 13.4. The van der Waals surface area contributed by atoms with Crippen LogP contribution in [0.5, 0.6) is 0 Å². The third-order valence-corrected chi connectivity index (χ3v) is 4.24. The largest absolute Gasteiger partial charge is 0.444 e. The third kappa shape index (κ3) is 8.06. The molecular formula is C21H35N5O2. The van der Waals surface area contributed by atoms with Gasteiger partial charge in [0.25, 0.3) is 0 Å². The number of hydrogen-bond donors (Lipinski definition) is 3. The predicted octanol–water partition coefficient (Wildman–Crippen LogP) is 3.05. The average Bonchev–Trinajstić information content (AvgIpc) is 3.08. The molecule has 7 heteroatoms. The van der Waals surface area contributed by atoms with Gasteiger partial charge in [0.05, 0.1) is 6.04 Å². The zero-order valence-electron chi connectivity index (χ0n) is 17.6. The van der Waals surface area contributed by atoms with E-state index in [-0.39, 0.29) is 12.1 Å². The molecule has 1 fully saturated rings. The summed E-state index contributed by atoms with van der Waals surface area (Å²) in [4.78, 5) is 18.9. The fourth-order valence-corrected chi connectivity index (χ4v) is 3.02. The van der Waals surface area contributed by atoms with Gasteiger partial charge >= 0.3 is 6.09 Å². The summed E-state index contributed by atoms with van der Waals surface area (Å²) < 4.78 is 5.35. The topological polar surface area (TPSA) is 78.0 Å². The van der Waals surface area contributed by atoms with Gasteiger partial charge in [0.15, 0.2) is 5.96 Å². The molecule has 1 atom stereocenters. The van der Waals surface area contributed by atoms with Crippen LogP contribution in [0.2, 0.25) is 0 Å². The molecule has 1 unspecified atom stereocenters. The highest BCUT2D eigenvalue weighted by atomic mass is 16.6. The van der Waals surface area contributed by atoms with Gasteiger partial charge in [0, 0.05) is 38.4 Å². The normalized spacial score (nSPS) is 17.4. The molecule has 3 N–H and O–H groups in total. The van der Waals surface area contributed by atoms with Crippen molar-refractivity contribution in [1.82, 2.24) is 15.5 Å². The average molecular weight is 390 g/mol. The Morgan fingerprint density at radius 1 is 1.29 bits per heavy atom. The summed E-state index contributed by atoms with van der Waals surface area (Å²) in [7, 11) is 0. The fourth-order valence-electron chi connectivity index (χ4n) is 3.02. The summed E-state index contributed by atoms with van der Waals surface area (Å²) in [6, 6.07) is 10.3. The lowest BCUT2D eigenvalue weighted by atomic mass is 10.2. The Balaban J connectivity index is 1.76. The lowest BCUT2D eigenvalue weighted by Gasteiger charge is -2.23. The van der Waals surface area contributed by atoms with E-state index < -0.39 is 5.60 Å². The fraction of sp³-hybridized carbons (Fsp3) is 0.619. The molecule has 0 aromatic heterocycles. The van der Waals surface area contributed by atoms with Crippen molar-refractivity contribution in [1.29, 1.82) is 0 Å². The van der Waals surface area contributed by atoms with E-state index in [1.807, 2.05) is 39.0 Å². The quantitative estimate of drug-likeness (QED) is 0.380. The van der Waals surface area contributed by atoms with E-state index in [4.69, 9.17) is 9.73 Å². The van der Waals surface area contributed by atoms with E-state index >= 15 is 0 Å². The number of nitrogens with zero attached hydrogens (tertiary/aromatic N) is 2. The number of carbonyl (C=O) groups excluding carboxylic acids is 1. The lowest BCUT2D eigenvalue weighted by molar-refractivity contribution is 0.0507. The second-order valence-electron chi connectivity index (χ2n) is 7.96. The van der Waals surface area contributed by atoms with Crippen LogP contribution in [0.4, 0.5) is 10.5 Å². The molecule has 0 bridgehead atoms. The number of rotatable bonds is 7. The van der Waals surface area contributed by atoms with Crippen molar-refractivity contribution in [2.24, 2.45) is 4.99 Å². The number of hydrogen-bond acceptors (Lipinski definition) is 4. The number of alkyl carbamates (subject to hydrolysis) is 1. The molecule has 1 aromatic rings. The highest BCUT2D eigenvalue weighted by Crippen LogP contribution is 2.12. The molecule has 28 heavy (non-hydrogen) atoms. The van der Waals surface area contributed by atoms with E-state index in [2.05, 4.69) is 39.9 Å². The van der Waals surface area contributed by atoms with Gasteiger partial charge in [-0.2, -0.15) is 0 Å². The van der Waals surface area contributed by atoms with Crippen molar-refractivity contribution >= 4 is 17.7 Å². The number of guanidine groups is 1. The van der Waals surface area contributed by atoms with Gasteiger partial charge in [-0.05, 0) is 52.7 Å². The second-order valence-corrected chi connectivity index (χ2v) is 7.96. The zero-order chi connectivity index (χ0) is 20.4. The number of carbonyl (C=O) groups is 1. The smallest absolute Gasteiger partial charge is 0.407 e. The predicted molar refractivity (Wildman–Crippen MR) is 115 cm³/mol. The van der Waals surface area contributed by atoms with Crippen molar-refractivity contribution in [2.45, 2.75) is 52.2 Å². The molecule has 0 radical (unpaired) electrons. The van der Waals surface area contributed by atoms with Gasteiger partial charge < -0.3 is 25.6 Å². The van der Waals surface area contributed by atoms with Crippen molar-refractivity contribution in [3.8, 4) is 0 Å². The van der Waals surface area contributed by atoms with Crippen LogP contribution >= 0.6 is 0 Å². The standard InChI is InChI=1S/C21H35N5O2/c1-5-22-19(24-14-9-13-23-17-10-7-6-8-11-17)26-15-12-18(16-26)25-20(27)28-21(2,3)4/h6-8,10-11,18,23H,5,9,12-16H2,1-4H3,(H,22,24)(H,25,27). The Labute approximate surface area is 168 Å². The molecule has 1 heterocycles. The summed E-state index contributed by atoms with van der Waals surface area (Å²) in [6.45, 7) is 11.8. The molecule has 0 saturated carbocycles. The summed E-state index contributed by atoms with van der Waals surface area (Å²) in [6.07, 6.45) is 1.49. The van der Waals surface area contributed by atoms with Gasteiger partial charge in [-0.15, -0.1) is 0 Å². The van der Waals surface area contributed by atoms with Gasteiger partial charge in [-0.1, -0.05) is 18.2 Å². The first kappa shape index (κ1) is 21.9. The van der Waals surface area contributed by atoms with Crippen LogP contribution in [0.25, 0.3) is 0 Å². The number of nitrogens with one attached hydrogen (secondary N) is 3. The van der Waals surface area contributed by atoms with Crippen LogP contribution in [-0.4, -0.2) is 61.3 Å². The maximum Gasteiger partial charge on any atom is 0.407 e. The first-order valence-corrected chi connectivity index (χ1v) is 10.2. The van der Waals surface area contributed by atoms with Crippen LogP contribution in [0.3, 0.4) is 0 Å². The van der Waals surface area contributed by atoms with Crippen molar-refractivity contribution in [3.63, 3.8) is 0 Å². The van der Waals surface area contributed by atoms with Crippen molar-refractivity contribution in [3.05, 3.63) is 30.3 Å². The summed E-state index contributed by atoms with van der Waals surface area (Å²) in [5, 5.41) is 9.72. The Hall–Kier alpha value is -2.44. The van der Waals surface area contributed by atoms with Crippen molar-refractivity contribution in [2.75, 3.05) is 38.0 Å². The van der Waals surface area contributed by atoms with Crippen LogP contribution in [0.1, 0.15) is 40.5 Å². The summed E-state index contributed by atoms with van der Waals surface area (Å²) in [5.74, 6) is 0.913. The number of amides is 1. The monoisotopic (exact) mass is 389 g/mol. The lowest BCUT2D eigenvalue weighted by Crippen LogP contribution is -2.44. The molecule has 156 valence electrons. The molecule has 1 aromatic carbocycles. The Kier molecular flexibility index (Phi) is 8.42. The molecule has 2 rings (SSSR count). The van der Waals surface area contributed by atoms with Crippen LogP contribution < -0.4 is 16.0 Å². The number of aliphatic imine (C=N–C) groups is 1. The first-order valence-electron chi connectivity index (χ1n) is 10.2. The summed E-state index contributed by atoms with van der Waals surface area (Å²) in [5.41, 5.74) is 0.654. The van der Waals surface area contributed by atoms with E-state index in [0.29, 0.717) is 0 Å². The molecule has 1 aliphatic heterocycles. The van der Waals surface area contributed by atoms with E-state index in [0.717, 1.165) is 57.2 Å². The minimum absolute atomic E-state index is 0.0819. The number of ether oxygens (including phenoxy) is 1. The van der Waals surface area contributed by atoms with Gasteiger partial charge in [0.2, 0.25) is 0 Å². The van der Waals surface area contributed by atoms with E-state index in [1.165, 1.54) is 0 Å².